The highest BCUT2D eigenvalue weighted by atomic mass is 16.5. The summed E-state index contributed by atoms with van der Waals surface area (Å²) in [4.78, 5) is 37.2. The van der Waals surface area contributed by atoms with Crippen LogP contribution in [0.2, 0.25) is 0 Å². The van der Waals surface area contributed by atoms with Crippen molar-refractivity contribution in [1.29, 1.82) is 0 Å². The number of aromatic amines is 1. The highest BCUT2D eigenvalue weighted by Gasteiger charge is 2.16. The van der Waals surface area contributed by atoms with Crippen molar-refractivity contribution in [3.05, 3.63) is 58.0 Å². The normalized spacial score (nSPS) is 12.8. The van der Waals surface area contributed by atoms with Crippen molar-refractivity contribution >= 4 is 17.5 Å². The van der Waals surface area contributed by atoms with Crippen LogP contribution in [0, 0.1) is 0 Å². The van der Waals surface area contributed by atoms with Gasteiger partial charge in [-0.05, 0) is 29.8 Å². The summed E-state index contributed by atoms with van der Waals surface area (Å²) in [5, 5.41) is 5.36. The number of aromatic nitrogens is 1. The molecule has 0 aliphatic carbocycles. The summed E-state index contributed by atoms with van der Waals surface area (Å²) >= 11 is 0. The molecule has 0 bridgehead atoms. The molecule has 3 rings (SSSR count). The standard InChI is InChI=1S/C15H13N3O4/c19-13-8-22-12-4-3-9(6-11(12)18-13)7-17-15(21)10-2-1-5-16-14(10)20/h1-6H,7-8H2,(H,16,20)(H,17,21)(H,18,19). The number of carbonyl (C=O) groups is 2. The van der Waals surface area contributed by atoms with E-state index in [1.54, 1.807) is 24.3 Å². The minimum atomic E-state index is -0.458. The molecule has 112 valence electrons. The van der Waals surface area contributed by atoms with Gasteiger partial charge in [-0.15, -0.1) is 0 Å². The molecule has 0 radical (unpaired) electrons. The third kappa shape index (κ3) is 2.83. The minimum Gasteiger partial charge on any atom is -0.482 e. The van der Waals surface area contributed by atoms with Gasteiger partial charge in [0.1, 0.15) is 11.3 Å². The van der Waals surface area contributed by atoms with Crippen LogP contribution in [0.4, 0.5) is 5.69 Å². The van der Waals surface area contributed by atoms with E-state index in [0.717, 1.165) is 5.56 Å². The Kier molecular flexibility index (Phi) is 3.61. The lowest BCUT2D eigenvalue weighted by molar-refractivity contribution is -0.118. The SMILES string of the molecule is O=C1COc2ccc(CNC(=O)c3ccc[nH]c3=O)cc2N1. The molecule has 2 heterocycles. The van der Waals surface area contributed by atoms with Gasteiger partial charge in [0.15, 0.2) is 6.61 Å². The van der Waals surface area contributed by atoms with Gasteiger partial charge in [0.2, 0.25) is 0 Å². The molecule has 1 aliphatic heterocycles. The van der Waals surface area contributed by atoms with Crippen LogP contribution in [0.5, 0.6) is 5.75 Å². The fourth-order valence-corrected chi connectivity index (χ4v) is 2.12. The number of fused-ring (bicyclic) bond motifs is 1. The number of pyridine rings is 1. The van der Waals surface area contributed by atoms with E-state index < -0.39 is 11.5 Å². The summed E-state index contributed by atoms with van der Waals surface area (Å²) in [5.41, 5.74) is 0.967. The van der Waals surface area contributed by atoms with Crippen LogP contribution in [0.25, 0.3) is 0 Å². The number of H-pyrrole nitrogens is 1. The van der Waals surface area contributed by atoms with Crippen LogP contribution in [0.15, 0.2) is 41.3 Å². The number of ether oxygens (including phenoxy) is 1. The molecule has 2 amide bonds. The van der Waals surface area contributed by atoms with Crippen LogP contribution in [-0.2, 0) is 11.3 Å². The fraction of sp³-hybridized carbons (Fsp3) is 0.133. The van der Waals surface area contributed by atoms with E-state index in [-0.39, 0.29) is 24.6 Å². The Morgan fingerprint density at radius 3 is 2.95 bits per heavy atom. The second-order valence-electron chi connectivity index (χ2n) is 4.76. The van der Waals surface area contributed by atoms with Crippen molar-refractivity contribution in [2.24, 2.45) is 0 Å². The zero-order valence-electron chi connectivity index (χ0n) is 11.5. The van der Waals surface area contributed by atoms with Crippen molar-refractivity contribution in [3.8, 4) is 5.75 Å². The number of anilines is 1. The molecule has 2 aromatic rings. The van der Waals surface area contributed by atoms with Crippen LogP contribution >= 0.6 is 0 Å². The van der Waals surface area contributed by atoms with E-state index in [1.165, 1.54) is 12.3 Å². The summed E-state index contributed by atoms with van der Waals surface area (Å²) in [7, 11) is 0. The summed E-state index contributed by atoms with van der Waals surface area (Å²) in [6.45, 7) is 0.232. The Bertz CT molecular complexity index is 797. The van der Waals surface area contributed by atoms with E-state index in [1.807, 2.05) is 0 Å². The van der Waals surface area contributed by atoms with Gasteiger partial charge < -0.3 is 20.4 Å². The Balaban J connectivity index is 1.71. The van der Waals surface area contributed by atoms with Gasteiger partial charge >= 0.3 is 0 Å². The number of hydrogen-bond acceptors (Lipinski definition) is 4. The Morgan fingerprint density at radius 2 is 2.14 bits per heavy atom. The van der Waals surface area contributed by atoms with E-state index in [2.05, 4.69) is 15.6 Å². The molecule has 0 atom stereocenters. The summed E-state index contributed by atoms with van der Waals surface area (Å²) in [6.07, 6.45) is 1.46. The molecule has 1 aliphatic rings. The number of carbonyl (C=O) groups excluding carboxylic acids is 2. The molecule has 7 heteroatoms. The van der Waals surface area contributed by atoms with Crippen molar-refractivity contribution < 1.29 is 14.3 Å². The van der Waals surface area contributed by atoms with E-state index in [0.29, 0.717) is 11.4 Å². The Labute approximate surface area is 125 Å². The van der Waals surface area contributed by atoms with Gasteiger partial charge in [-0.2, -0.15) is 0 Å². The second kappa shape index (κ2) is 5.72. The lowest BCUT2D eigenvalue weighted by atomic mass is 10.1. The van der Waals surface area contributed by atoms with Crippen LogP contribution in [0.1, 0.15) is 15.9 Å². The second-order valence-corrected chi connectivity index (χ2v) is 4.76. The van der Waals surface area contributed by atoms with Crippen molar-refractivity contribution in [3.63, 3.8) is 0 Å². The van der Waals surface area contributed by atoms with Gasteiger partial charge in [-0.25, -0.2) is 0 Å². The summed E-state index contributed by atoms with van der Waals surface area (Å²) in [5.74, 6) is -0.0847. The zero-order chi connectivity index (χ0) is 15.5. The van der Waals surface area contributed by atoms with Crippen molar-refractivity contribution in [2.75, 3.05) is 11.9 Å². The Hall–Kier alpha value is -3.09. The number of rotatable bonds is 3. The molecule has 0 spiro atoms. The smallest absolute Gasteiger partial charge is 0.262 e. The van der Waals surface area contributed by atoms with Gasteiger partial charge in [0.25, 0.3) is 17.4 Å². The number of nitrogens with one attached hydrogen (secondary N) is 3. The van der Waals surface area contributed by atoms with Gasteiger partial charge in [0, 0.05) is 12.7 Å². The molecular weight excluding hydrogens is 286 g/mol. The topological polar surface area (TPSA) is 100 Å². The predicted molar refractivity (Wildman–Crippen MR) is 78.8 cm³/mol. The highest BCUT2D eigenvalue weighted by molar-refractivity contribution is 5.95. The fourth-order valence-electron chi connectivity index (χ4n) is 2.12. The highest BCUT2D eigenvalue weighted by Crippen LogP contribution is 2.28. The number of benzene rings is 1. The largest absolute Gasteiger partial charge is 0.482 e. The molecule has 3 N–H and O–H groups in total. The average molecular weight is 299 g/mol. The van der Waals surface area contributed by atoms with Crippen LogP contribution < -0.4 is 20.9 Å². The lowest BCUT2D eigenvalue weighted by Crippen LogP contribution is -2.29. The van der Waals surface area contributed by atoms with Crippen molar-refractivity contribution in [1.82, 2.24) is 10.3 Å². The maximum Gasteiger partial charge on any atom is 0.262 e. The lowest BCUT2D eigenvalue weighted by Gasteiger charge is -2.18. The van der Waals surface area contributed by atoms with Crippen LogP contribution in [0.3, 0.4) is 0 Å². The third-order valence-corrected chi connectivity index (χ3v) is 3.19. The molecule has 22 heavy (non-hydrogen) atoms. The monoisotopic (exact) mass is 299 g/mol. The van der Waals surface area contributed by atoms with Crippen molar-refractivity contribution in [2.45, 2.75) is 6.54 Å². The van der Waals surface area contributed by atoms with E-state index in [9.17, 15) is 14.4 Å². The van der Waals surface area contributed by atoms with Gasteiger partial charge in [-0.1, -0.05) is 6.07 Å². The number of amides is 2. The third-order valence-electron chi connectivity index (χ3n) is 3.19. The molecular formula is C15H13N3O4. The molecule has 7 nitrogen and oxygen atoms in total. The number of hydrogen-bond donors (Lipinski definition) is 3. The van der Waals surface area contributed by atoms with Crippen LogP contribution in [-0.4, -0.2) is 23.4 Å². The molecule has 1 aromatic heterocycles. The quantitative estimate of drug-likeness (QED) is 0.774. The maximum atomic E-state index is 12.0. The summed E-state index contributed by atoms with van der Waals surface area (Å²) < 4.78 is 5.26. The average Bonchev–Trinajstić information content (AvgIpc) is 2.52. The van der Waals surface area contributed by atoms with Gasteiger partial charge in [0.05, 0.1) is 5.69 Å². The first kappa shape index (κ1) is 13.9. The molecule has 0 saturated heterocycles. The van der Waals surface area contributed by atoms with Gasteiger partial charge in [-0.3, -0.25) is 14.4 Å². The maximum absolute atomic E-state index is 12.0. The first-order valence-electron chi connectivity index (χ1n) is 6.65. The molecule has 0 fully saturated rings. The molecule has 1 aromatic carbocycles. The first-order chi connectivity index (χ1) is 10.6. The molecule has 0 unspecified atom stereocenters. The minimum absolute atomic E-state index is 0.000132. The summed E-state index contributed by atoms with van der Waals surface area (Å²) in [6, 6.07) is 8.27. The molecule has 0 saturated carbocycles. The predicted octanol–water partition coefficient (Wildman–Crippen LogP) is 0.636. The Morgan fingerprint density at radius 1 is 1.27 bits per heavy atom. The van der Waals surface area contributed by atoms with E-state index in [4.69, 9.17) is 4.74 Å². The van der Waals surface area contributed by atoms with E-state index >= 15 is 0 Å². The zero-order valence-corrected chi connectivity index (χ0v) is 11.5. The first-order valence-corrected chi connectivity index (χ1v) is 6.65.